The highest BCUT2D eigenvalue weighted by Crippen LogP contribution is 2.49. The molecule has 2 aliphatic rings. The van der Waals surface area contributed by atoms with Gasteiger partial charge in [0.1, 0.15) is 6.61 Å². The highest BCUT2D eigenvalue weighted by atomic mass is 19.4. The van der Waals surface area contributed by atoms with Gasteiger partial charge < -0.3 is 14.7 Å². The van der Waals surface area contributed by atoms with Crippen molar-refractivity contribution in [1.82, 2.24) is 4.90 Å². The molecule has 5 nitrogen and oxygen atoms in total. The lowest BCUT2D eigenvalue weighted by molar-refractivity contribution is -0.142. The molecule has 1 N–H and O–H groups in total. The highest BCUT2D eigenvalue weighted by Gasteiger charge is 2.52. The maximum atomic E-state index is 13.7. The van der Waals surface area contributed by atoms with E-state index in [1.54, 1.807) is 11.0 Å². The number of amides is 1. The zero-order valence-corrected chi connectivity index (χ0v) is 16.6. The van der Waals surface area contributed by atoms with Crippen molar-refractivity contribution < 1.29 is 27.8 Å². The van der Waals surface area contributed by atoms with Gasteiger partial charge in [-0.05, 0) is 36.1 Å². The quantitative estimate of drug-likeness (QED) is 0.764. The van der Waals surface area contributed by atoms with E-state index in [0.717, 1.165) is 11.6 Å². The average Bonchev–Trinajstić information content (AvgIpc) is 3.03. The van der Waals surface area contributed by atoms with Gasteiger partial charge in [-0.1, -0.05) is 36.4 Å². The summed E-state index contributed by atoms with van der Waals surface area (Å²) in [4.78, 5) is 14.3. The van der Waals surface area contributed by atoms with Crippen molar-refractivity contribution in [2.75, 3.05) is 0 Å². The summed E-state index contributed by atoms with van der Waals surface area (Å²) in [6.07, 6.45) is -4.08. The monoisotopic (exact) mass is 430 g/mol. The SMILES string of the molecule is N#Cc1ccc(C2(O)CC3CCC(C2)N3C(=O)OCc2ccccc2)c(C(F)(F)F)c1. The van der Waals surface area contributed by atoms with Crippen LogP contribution in [0.3, 0.4) is 0 Å². The van der Waals surface area contributed by atoms with E-state index in [0.29, 0.717) is 12.8 Å². The molecule has 31 heavy (non-hydrogen) atoms. The van der Waals surface area contributed by atoms with Crippen LogP contribution in [0.1, 0.15) is 47.9 Å². The average molecular weight is 430 g/mol. The Balaban J connectivity index is 1.55. The van der Waals surface area contributed by atoms with Crippen LogP contribution in [0.25, 0.3) is 0 Å². The molecule has 4 rings (SSSR count). The number of hydrogen-bond donors (Lipinski definition) is 1. The topological polar surface area (TPSA) is 73.6 Å². The van der Waals surface area contributed by atoms with Gasteiger partial charge in [0.05, 0.1) is 22.8 Å². The Hall–Kier alpha value is -3.05. The van der Waals surface area contributed by atoms with Crippen LogP contribution in [-0.2, 0) is 23.1 Å². The van der Waals surface area contributed by atoms with Crippen LogP contribution in [0.15, 0.2) is 48.5 Å². The van der Waals surface area contributed by atoms with Crippen molar-refractivity contribution in [2.24, 2.45) is 0 Å². The molecule has 0 aromatic heterocycles. The van der Waals surface area contributed by atoms with Crippen molar-refractivity contribution in [3.05, 3.63) is 70.8 Å². The summed E-state index contributed by atoms with van der Waals surface area (Å²) >= 11 is 0. The second kappa shape index (κ2) is 7.89. The lowest BCUT2D eigenvalue weighted by Gasteiger charge is -2.44. The molecule has 2 saturated heterocycles. The van der Waals surface area contributed by atoms with Gasteiger partial charge in [-0.25, -0.2) is 4.79 Å². The molecule has 2 aliphatic heterocycles. The van der Waals surface area contributed by atoms with Crippen LogP contribution in [-0.4, -0.2) is 28.2 Å². The fourth-order valence-electron chi connectivity index (χ4n) is 4.79. The van der Waals surface area contributed by atoms with Gasteiger partial charge in [0, 0.05) is 24.9 Å². The van der Waals surface area contributed by atoms with Gasteiger partial charge in [0.2, 0.25) is 0 Å². The third-order valence-corrected chi connectivity index (χ3v) is 6.14. The minimum atomic E-state index is -4.71. The molecule has 0 spiro atoms. The summed E-state index contributed by atoms with van der Waals surface area (Å²) < 4.78 is 46.4. The fraction of sp³-hybridized carbons (Fsp3) is 0.391. The molecule has 2 unspecified atom stereocenters. The van der Waals surface area contributed by atoms with Crippen LogP contribution < -0.4 is 0 Å². The number of carbonyl (C=O) groups excluding carboxylic acids is 1. The number of halogens is 3. The molecule has 1 amide bonds. The van der Waals surface area contributed by atoms with E-state index in [2.05, 4.69) is 0 Å². The second-order valence-corrected chi connectivity index (χ2v) is 8.14. The Labute approximate surface area is 177 Å². The van der Waals surface area contributed by atoms with Crippen LogP contribution in [0.5, 0.6) is 0 Å². The van der Waals surface area contributed by atoms with E-state index in [1.807, 2.05) is 30.3 Å². The predicted molar refractivity (Wildman–Crippen MR) is 105 cm³/mol. The van der Waals surface area contributed by atoms with Gasteiger partial charge in [-0.3, -0.25) is 0 Å². The summed E-state index contributed by atoms with van der Waals surface area (Å²) in [5.41, 5.74) is -2.27. The minimum Gasteiger partial charge on any atom is -0.445 e. The number of rotatable bonds is 3. The maximum Gasteiger partial charge on any atom is 0.416 e. The molecule has 2 atom stereocenters. The number of nitriles is 1. The van der Waals surface area contributed by atoms with Gasteiger partial charge in [-0.15, -0.1) is 0 Å². The maximum absolute atomic E-state index is 13.7. The Morgan fingerprint density at radius 3 is 2.39 bits per heavy atom. The Bertz CT molecular complexity index is 1000. The van der Waals surface area contributed by atoms with Crippen LogP contribution in [0, 0.1) is 11.3 Å². The molecular formula is C23H21F3N2O3. The van der Waals surface area contributed by atoms with E-state index in [1.165, 1.54) is 12.1 Å². The highest BCUT2D eigenvalue weighted by molar-refractivity contribution is 5.69. The number of fused-ring (bicyclic) bond motifs is 2. The Morgan fingerprint density at radius 1 is 1.16 bits per heavy atom. The number of ether oxygens (including phenoxy) is 1. The minimum absolute atomic E-state index is 0.0150. The van der Waals surface area contributed by atoms with Crippen LogP contribution in [0.2, 0.25) is 0 Å². The molecule has 2 aromatic carbocycles. The number of hydrogen-bond acceptors (Lipinski definition) is 4. The van der Waals surface area contributed by atoms with E-state index in [9.17, 15) is 23.1 Å². The smallest absolute Gasteiger partial charge is 0.416 e. The number of aliphatic hydroxyl groups is 1. The molecule has 0 saturated carbocycles. The molecule has 0 aliphatic carbocycles. The zero-order chi connectivity index (χ0) is 22.2. The normalized spacial score (nSPS) is 25.2. The Morgan fingerprint density at radius 2 is 1.81 bits per heavy atom. The third kappa shape index (κ3) is 4.10. The summed E-state index contributed by atoms with van der Waals surface area (Å²) in [5, 5.41) is 20.3. The Kier molecular flexibility index (Phi) is 5.40. The van der Waals surface area contributed by atoms with Crippen molar-refractivity contribution >= 4 is 6.09 Å². The lowest BCUT2D eigenvalue weighted by atomic mass is 9.78. The standard InChI is InChI=1S/C23H21F3N2O3/c24-23(25,26)20-10-16(13-27)6-9-19(20)22(30)11-17-7-8-18(12-22)28(17)21(29)31-14-15-4-2-1-3-5-15/h1-6,9-10,17-18,30H,7-8,11-12,14H2. The van der Waals surface area contributed by atoms with Gasteiger partial charge in [0.15, 0.2) is 0 Å². The van der Waals surface area contributed by atoms with Crippen LogP contribution in [0.4, 0.5) is 18.0 Å². The van der Waals surface area contributed by atoms with Crippen LogP contribution >= 0.6 is 0 Å². The van der Waals surface area contributed by atoms with Crippen molar-refractivity contribution in [2.45, 2.75) is 56.2 Å². The first-order valence-corrected chi connectivity index (χ1v) is 10.0. The number of alkyl halides is 3. The summed E-state index contributed by atoms with van der Waals surface area (Å²) in [6, 6.07) is 13.3. The zero-order valence-electron chi connectivity index (χ0n) is 16.6. The first kappa shape index (κ1) is 21.2. The molecule has 2 heterocycles. The summed E-state index contributed by atoms with van der Waals surface area (Å²) in [7, 11) is 0. The molecule has 2 fully saturated rings. The van der Waals surface area contributed by atoms with Crippen molar-refractivity contribution in [1.29, 1.82) is 5.26 Å². The number of benzene rings is 2. The molecular weight excluding hydrogens is 409 g/mol. The predicted octanol–water partition coefficient (Wildman–Crippen LogP) is 4.73. The van der Waals surface area contributed by atoms with Gasteiger partial charge in [0.25, 0.3) is 0 Å². The molecule has 8 heteroatoms. The summed E-state index contributed by atoms with van der Waals surface area (Å²) in [6.45, 7) is 0.105. The van der Waals surface area contributed by atoms with E-state index >= 15 is 0 Å². The number of carbonyl (C=O) groups is 1. The molecule has 162 valence electrons. The van der Waals surface area contributed by atoms with Crippen molar-refractivity contribution in [3.63, 3.8) is 0 Å². The van der Waals surface area contributed by atoms with Gasteiger partial charge in [-0.2, -0.15) is 18.4 Å². The first-order chi connectivity index (χ1) is 14.7. The molecule has 2 aromatic rings. The molecule has 0 radical (unpaired) electrons. The molecule has 2 bridgehead atoms. The fourth-order valence-corrected chi connectivity index (χ4v) is 4.79. The second-order valence-electron chi connectivity index (χ2n) is 8.14. The third-order valence-electron chi connectivity index (χ3n) is 6.14. The van der Waals surface area contributed by atoms with E-state index < -0.39 is 35.5 Å². The summed E-state index contributed by atoms with van der Waals surface area (Å²) in [5.74, 6) is 0. The van der Waals surface area contributed by atoms with Crippen molar-refractivity contribution in [3.8, 4) is 6.07 Å². The largest absolute Gasteiger partial charge is 0.445 e. The van der Waals surface area contributed by atoms with E-state index in [4.69, 9.17) is 10.00 Å². The number of piperidine rings is 1. The van der Waals surface area contributed by atoms with Gasteiger partial charge >= 0.3 is 12.3 Å². The van der Waals surface area contributed by atoms with E-state index in [-0.39, 0.29) is 30.6 Å². The lowest BCUT2D eigenvalue weighted by Crippen LogP contribution is -2.52. The first-order valence-electron chi connectivity index (χ1n) is 10.0. The number of nitrogens with zero attached hydrogens (tertiary/aromatic N) is 2.